The summed E-state index contributed by atoms with van der Waals surface area (Å²) < 4.78 is 1.35. The van der Waals surface area contributed by atoms with E-state index in [4.69, 9.17) is 29.0 Å². The number of nitrogens with two attached hydrogens (primary N) is 1. The molecule has 0 aliphatic carbocycles. The number of carbonyl (C=O) groups excluding carboxylic acids is 2. The summed E-state index contributed by atoms with van der Waals surface area (Å²) in [4.78, 5) is 24.1. The molecular weight excluding hydrogens is 387 g/mol. The number of hydrogen-bond donors (Lipinski definition) is 2. The second-order valence-corrected chi connectivity index (χ2v) is 7.11. The molecule has 0 atom stereocenters. The first-order chi connectivity index (χ1) is 12.0. The molecule has 3 rings (SSSR count). The Balaban J connectivity index is 1.60. The van der Waals surface area contributed by atoms with E-state index in [1.54, 1.807) is 18.2 Å². The number of urea groups is 1. The highest BCUT2D eigenvalue weighted by molar-refractivity contribution is 7.99. The van der Waals surface area contributed by atoms with Crippen molar-refractivity contribution in [1.82, 2.24) is 25.1 Å². The van der Waals surface area contributed by atoms with E-state index in [1.165, 1.54) is 21.3 Å². The van der Waals surface area contributed by atoms with Gasteiger partial charge in [-0.2, -0.15) is 0 Å². The summed E-state index contributed by atoms with van der Waals surface area (Å²) in [5.74, 6) is 6.88. The highest BCUT2D eigenvalue weighted by Gasteiger charge is 2.27. The van der Waals surface area contributed by atoms with Crippen molar-refractivity contribution in [3.05, 3.63) is 28.2 Å². The topological polar surface area (TPSA) is 106 Å². The molecule has 1 aliphatic rings. The normalized spacial score (nSPS) is 14.2. The number of benzene rings is 1. The zero-order valence-corrected chi connectivity index (χ0v) is 15.2. The molecule has 1 aliphatic heterocycles. The van der Waals surface area contributed by atoms with Crippen LogP contribution in [0.5, 0.6) is 0 Å². The van der Waals surface area contributed by atoms with Gasteiger partial charge in [0.15, 0.2) is 5.82 Å². The number of rotatable bonds is 6. The van der Waals surface area contributed by atoms with E-state index in [9.17, 15) is 9.59 Å². The molecule has 0 radical (unpaired) electrons. The van der Waals surface area contributed by atoms with E-state index >= 15 is 0 Å². The number of nitrogens with one attached hydrogen (secondary N) is 1. The van der Waals surface area contributed by atoms with Crippen molar-refractivity contribution in [2.24, 2.45) is 0 Å². The second kappa shape index (κ2) is 7.51. The smallest absolute Gasteiger partial charge is 0.324 e. The highest BCUT2D eigenvalue weighted by atomic mass is 35.5. The standard InChI is InChI=1S/C14H14Cl2N6O2S/c15-8-2-3-9(10(16)6-8)12-19-20-14(22(12)17)25-5-1-4-21-11(23)7-18-13(21)24/h2-3,6H,1,4-5,7,17H2,(H,18,24). The van der Waals surface area contributed by atoms with Crippen LogP contribution in [0.3, 0.4) is 0 Å². The van der Waals surface area contributed by atoms with Gasteiger partial charge < -0.3 is 11.2 Å². The van der Waals surface area contributed by atoms with Crippen molar-refractivity contribution in [2.45, 2.75) is 11.6 Å². The van der Waals surface area contributed by atoms with Gasteiger partial charge in [-0.25, -0.2) is 9.47 Å². The molecule has 25 heavy (non-hydrogen) atoms. The van der Waals surface area contributed by atoms with E-state index in [2.05, 4.69) is 15.5 Å². The average Bonchev–Trinajstić information content (AvgIpc) is 3.08. The predicted molar refractivity (Wildman–Crippen MR) is 96.1 cm³/mol. The lowest BCUT2D eigenvalue weighted by Gasteiger charge is -2.11. The first kappa shape index (κ1) is 17.8. The average molecular weight is 401 g/mol. The molecule has 3 amide bonds. The maximum atomic E-state index is 11.5. The molecule has 1 saturated heterocycles. The van der Waals surface area contributed by atoms with Crippen LogP contribution < -0.4 is 11.2 Å². The molecule has 2 aromatic rings. The number of amides is 3. The monoisotopic (exact) mass is 400 g/mol. The van der Waals surface area contributed by atoms with E-state index in [1.807, 2.05) is 0 Å². The number of carbonyl (C=O) groups is 2. The number of hydrogen-bond acceptors (Lipinski definition) is 6. The third kappa shape index (κ3) is 3.83. The van der Waals surface area contributed by atoms with Gasteiger partial charge >= 0.3 is 6.03 Å². The Morgan fingerprint density at radius 1 is 1.28 bits per heavy atom. The number of imide groups is 1. The minimum Gasteiger partial charge on any atom is -0.335 e. The fourth-order valence-electron chi connectivity index (χ4n) is 2.30. The minimum atomic E-state index is -0.350. The maximum Gasteiger partial charge on any atom is 0.324 e. The Morgan fingerprint density at radius 3 is 2.76 bits per heavy atom. The Labute approximate surface area is 157 Å². The van der Waals surface area contributed by atoms with Crippen LogP contribution in [0.25, 0.3) is 11.4 Å². The first-order valence-electron chi connectivity index (χ1n) is 7.34. The van der Waals surface area contributed by atoms with Gasteiger partial charge in [-0.1, -0.05) is 35.0 Å². The van der Waals surface area contributed by atoms with E-state index in [0.29, 0.717) is 45.3 Å². The summed E-state index contributed by atoms with van der Waals surface area (Å²) >= 11 is 13.4. The SMILES string of the molecule is Nn1c(SCCCN2C(=O)CNC2=O)nnc1-c1ccc(Cl)cc1Cl. The van der Waals surface area contributed by atoms with E-state index < -0.39 is 0 Å². The number of halogens is 2. The number of nitrogens with zero attached hydrogens (tertiary/aromatic N) is 4. The minimum absolute atomic E-state index is 0.0638. The van der Waals surface area contributed by atoms with Gasteiger partial charge in [0.05, 0.1) is 11.6 Å². The van der Waals surface area contributed by atoms with Crippen molar-refractivity contribution in [3.8, 4) is 11.4 Å². The first-order valence-corrected chi connectivity index (χ1v) is 9.08. The number of aromatic nitrogens is 3. The van der Waals surface area contributed by atoms with Gasteiger partial charge in [0.2, 0.25) is 11.1 Å². The van der Waals surface area contributed by atoms with Crippen LogP contribution in [-0.2, 0) is 4.79 Å². The predicted octanol–water partition coefficient (Wildman–Crippen LogP) is 2.00. The van der Waals surface area contributed by atoms with Crippen LogP contribution in [0.4, 0.5) is 4.79 Å². The lowest BCUT2D eigenvalue weighted by molar-refractivity contribution is -0.124. The lowest BCUT2D eigenvalue weighted by Crippen LogP contribution is -2.32. The van der Waals surface area contributed by atoms with Crippen LogP contribution in [0.2, 0.25) is 10.0 Å². The molecule has 1 aromatic heterocycles. The quantitative estimate of drug-likeness (QED) is 0.332. The Bertz CT molecular complexity index is 812. The molecule has 2 heterocycles. The summed E-state index contributed by atoms with van der Waals surface area (Å²) in [6.45, 7) is 0.417. The van der Waals surface area contributed by atoms with Gasteiger partial charge in [0.25, 0.3) is 0 Å². The summed E-state index contributed by atoms with van der Waals surface area (Å²) in [6, 6.07) is 4.68. The van der Waals surface area contributed by atoms with Gasteiger partial charge in [0, 0.05) is 22.9 Å². The zero-order chi connectivity index (χ0) is 18.0. The molecule has 132 valence electrons. The fraction of sp³-hybridized carbons (Fsp3) is 0.286. The van der Waals surface area contributed by atoms with Gasteiger partial charge in [-0.3, -0.25) is 9.69 Å². The van der Waals surface area contributed by atoms with Gasteiger partial charge in [-0.15, -0.1) is 10.2 Å². The molecule has 8 nitrogen and oxygen atoms in total. The molecular formula is C14H14Cl2N6O2S. The summed E-state index contributed by atoms with van der Waals surface area (Å²) in [5.41, 5.74) is 0.632. The summed E-state index contributed by atoms with van der Waals surface area (Å²) in [7, 11) is 0. The van der Waals surface area contributed by atoms with Gasteiger partial charge in [0.1, 0.15) is 0 Å². The molecule has 1 fully saturated rings. The van der Waals surface area contributed by atoms with Gasteiger partial charge in [-0.05, 0) is 24.6 Å². The number of thioether (sulfide) groups is 1. The Kier molecular flexibility index (Phi) is 5.36. The van der Waals surface area contributed by atoms with E-state index in [0.717, 1.165) is 0 Å². The van der Waals surface area contributed by atoms with E-state index in [-0.39, 0.29) is 18.5 Å². The summed E-state index contributed by atoms with van der Waals surface area (Å²) in [6.07, 6.45) is 0.619. The molecule has 0 unspecified atom stereocenters. The van der Waals surface area contributed by atoms with Crippen LogP contribution in [0.1, 0.15) is 6.42 Å². The van der Waals surface area contributed by atoms with Crippen molar-refractivity contribution >= 4 is 46.9 Å². The Hall–Kier alpha value is -1.97. The molecule has 11 heteroatoms. The van der Waals surface area contributed by atoms with Crippen LogP contribution >= 0.6 is 35.0 Å². The maximum absolute atomic E-state index is 11.5. The van der Waals surface area contributed by atoms with Crippen molar-refractivity contribution in [3.63, 3.8) is 0 Å². The summed E-state index contributed by atoms with van der Waals surface area (Å²) in [5, 5.41) is 12.1. The van der Waals surface area contributed by atoms with Crippen LogP contribution in [0, 0.1) is 0 Å². The molecule has 0 bridgehead atoms. The van der Waals surface area contributed by atoms with Crippen LogP contribution in [-0.4, -0.2) is 50.6 Å². The highest BCUT2D eigenvalue weighted by Crippen LogP contribution is 2.30. The number of nitrogen functional groups attached to an aromatic ring is 1. The third-order valence-electron chi connectivity index (χ3n) is 3.53. The molecule has 0 saturated carbocycles. The third-order valence-corrected chi connectivity index (χ3v) is 5.11. The Morgan fingerprint density at radius 2 is 2.08 bits per heavy atom. The largest absolute Gasteiger partial charge is 0.335 e. The lowest BCUT2D eigenvalue weighted by atomic mass is 10.2. The van der Waals surface area contributed by atoms with Crippen molar-refractivity contribution in [1.29, 1.82) is 0 Å². The van der Waals surface area contributed by atoms with Crippen molar-refractivity contribution < 1.29 is 9.59 Å². The molecule has 3 N–H and O–H groups in total. The molecule has 0 spiro atoms. The molecule has 1 aromatic carbocycles. The second-order valence-electron chi connectivity index (χ2n) is 5.21. The van der Waals surface area contributed by atoms with Crippen LogP contribution in [0.15, 0.2) is 23.4 Å². The zero-order valence-electron chi connectivity index (χ0n) is 12.9. The van der Waals surface area contributed by atoms with Crippen molar-refractivity contribution in [2.75, 3.05) is 24.7 Å². The fourth-order valence-corrected chi connectivity index (χ4v) is 3.57.